The minimum atomic E-state index is 0.0111. The first-order valence-electron chi connectivity index (χ1n) is 6.56. The molecule has 2 heterocycles. The molecule has 0 bridgehead atoms. The number of hydrogen-bond donors (Lipinski definition) is 1. The number of hydrogen-bond acceptors (Lipinski definition) is 5. The molecular weight excluding hydrogens is 230 g/mol. The highest BCUT2D eigenvalue weighted by Crippen LogP contribution is 2.24. The van der Waals surface area contributed by atoms with E-state index >= 15 is 0 Å². The van der Waals surface area contributed by atoms with Crippen LogP contribution in [-0.4, -0.2) is 49.3 Å². The van der Waals surface area contributed by atoms with Crippen LogP contribution in [0.2, 0.25) is 0 Å². The molecule has 2 rings (SSSR count). The highest BCUT2D eigenvalue weighted by atomic mass is 16.5. The first-order chi connectivity index (χ1) is 8.55. The predicted molar refractivity (Wildman–Crippen MR) is 71.0 cm³/mol. The van der Waals surface area contributed by atoms with Crippen molar-refractivity contribution in [3.05, 3.63) is 12.0 Å². The van der Waals surface area contributed by atoms with Crippen molar-refractivity contribution in [3.8, 4) is 0 Å². The van der Waals surface area contributed by atoms with Crippen molar-refractivity contribution in [1.82, 2.24) is 9.88 Å². The Morgan fingerprint density at radius 1 is 1.33 bits per heavy atom. The van der Waals surface area contributed by atoms with E-state index in [0.717, 1.165) is 45.2 Å². The molecule has 0 radical (unpaired) electrons. The number of nitrogens with one attached hydrogen (secondary N) is 1. The van der Waals surface area contributed by atoms with Crippen LogP contribution in [0.3, 0.4) is 0 Å². The van der Waals surface area contributed by atoms with Crippen LogP contribution in [0.15, 0.2) is 10.6 Å². The zero-order valence-corrected chi connectivity index (χ0v) is 11.5. The molecule has 1 saturated heterocycles. The van der Waals surface area contributed by atoms with Crippen molar-refractivity contribution >= 4 is 6.01 Å². The van der Waals surface area contributed by atoms with Crippen molar-refractivity contribution in [2.75, 3.05) is 44.7 Å². The quantitative estimate of drug-likeness (QED) is 0.885. The van der Waals surface area contributed by atoms with Crippen LogP contribution in [0.1, 0.15) is 26.5 Å². The molecule has 0 unspecified atom stereocenters. The van der Waals surface area contributed by atoms with Crippen molar-refractivity contribution in [3.63, 3.8) is 0 Å². The van der Waals surface area contributed by atoms with Gasteiger partial charge in [0.25, 0.3) is 6.01 Å². The molecule has 0 amide bonds. The summed E-state index contributed by atoms with van der Waals surface area (Å²) in [6.07, 6.45) is 1.80. The third-order valence-corrected chi connectivity index (χ3v) is 3.05. The van der Waals surface area contributed by atoms with Gasteiger partial charge in [0.2, 0.25) is 0 Å². The van der Waals surface area contributed by atoms with Crippen molar-refractivity contribution in [2.24, 2.45) is 0 Å². The average molecular weight is 253 g/mol. The Labute approximate surface area is 109 Å². The Hall–Kier alpha value is -1.07. The van der Waals surface area contributed by atoms with Gasteiger partial charge in [0.05, 0.1) is 19.4 Å². The molecule has 1 N–H and O–H groups in total. The lowest BCUT2D eigenvalue weighted by Crippen LogP contribution is -2.39. The van der Waals surface area contributed by atoms with Gasteiger partial charge in [0, 0.05) is 31.6 Å². The number of nitrogens with zero attached hydrogens (tertiary/aromatic N) is 2. The lowest BCUT2D eigenvalue weighted by molar-refractivity contribution is 0.0398. The molecule has 1 aromatic heterocycles. The first kappa shape index (κ1) is 13.4. The second kappa shape index (κ2) is 5.71. The number of morpholine rings is 1. The van der Waals surface area contributed by atoms with Gasteiger partial charge < -0.3 is 14.5 Å². The van der Waals surface area contributed by atoms with Gasteiger partial charge in [-0.15, -0.1) is 0 Å². The van der Waals surface area contributed by atoms with Gasteiger partial charge in [-0.05, 0) is 0 Å². The van der Waals surface area contributed by atoms with Crippen LogP contribution < -0.4 is 5.32 Å². The summed E-state index contributed by atoms with van der Waals surface area (Å²) in [7, 11) is 0. The molecule has 1 fully saturated rings. The van der Waals surface area contributed by atoms with Gasteiger partial charge in [-0.25, -0.2) is 4.98 Å². The highest BCUT2D eigenvalue weighted by molar-refractivity contribution is 5.22. The van der Waals surface area contributed by atoms with Gasteiger partial charge in [-0.1, -0.05) is 20.8 Å². The molecule has 5 nitrogen and oxygen atoms in total. The van der Waals surface area contributed by atoms with E-state index in [1.807, 2.05) is 0 Å². The topological polar surface area (TPSA) is 50.5 Å². The summed E-state index contributed by atoms with van der Waals surface area (Å²) < 4.78 is 11.0. The second-order valence-electron chi connectivity index (χ2n) is 5.66. The summed E-state index contributed by atoms with van der Waals surface area (Å²) in [5.74, 6) is 0.913. The Balaban J connectivity index is 1.74. The van der Waals surface area contributed by atoms with Crippen molar-refractivity contribution in [1.29, 1.82) is 0 Å². The first-order valence-corrected chi connectivity index (χ1v) is 6.56. The van der Waals surface area contributed by atoms with Crippen LogP contribution in [0.5, 0.6) is 0 Å². The third kappa shape index (κ3) is 3.71. The van der Waals surface area contributed by atoms with Gasteiger partial charge in [0.1, 0.15) is 5.76 Å². The van der Waals surface area contributed by atoms with E-state index in [9.17, 15) is 0 Å². The minimum absolute atomic E-state index is 0.0111. The van der Waals surface area contributed by atoms with Gasteiger partial charge in [0.15, 0.2) is 0 Å². The molecule has 102 valence electrons. The molecule has 0 spiro atoms. The van der Waals surface area contributed by atoms with E-state index in [-0.39, 0.29) is 5.41 Å². The van der Waals surface area contributed by atoms with Crippen LogP contribution in [0.25, 0.3) is 0 Å². The number of ether oxygens (including phenoxy) is 1. The fraction of sp³-hybridized carbons (Fsp3) is 0.769. The summed E-state index contributed by atoms with van der Waals surface area (Å²) in [6, 6.07) is 0.619. The molecular formula is C13H23N3O2. The summed E-state index contributed by atoms with van der Waals surface area (Å²) in [4.78, 5) is 6.62. The Kier molecular flexibility index (Phi) is 4.24. The standard InChI is InChI=1S/C13H23N3O2/c1-13(2,3)11-10-15-12(18-11)14-4-5-16-6-8-17-9-7-16/h10H,4-9H2,1-3H3,(H,14,15). The van der Waals surface area contributed by atoms with E-state index in [1.54, 1.807) is 6.20 Å². The molecule has 1 aliphatic rings. The summed E-state index contributed by atoms with van der Waals surface area (Å²) in [5.41, 5.74) is 0.0111. The van der Waals surface area contributed by atoms with Crippen LogP contribution in [0.4, 0.5) is 6.01 Å². The Morgan fingerprint density at radius 3 is 2.67 bits per heavy atom. The fourth-order valence-electron chi connectivity index (χ4n) is 1.85. The van der Waals surface area contributed by atoms with Crippen molar-refractivity contribution in [2.45, 2.75) is 26.2 Å². The largest absolute Gasteiger partial charge is 0.428 e. The lowest BCUT2D eigenvalue weighted by atomic mass is 9.94. The highest BCUT2D eigenvalue weighted by Gasteiger charge is 2.19. The maximum absolute atomic E-state index is 5.67. The molecule has 18 heavy (non-hydrogen) atoms. The molecule has 0 aromatic carbocycles. The van der Waals surface area contributed by atoms with E-state index < -0.39 is 0 Å². The predicted octanol–water partition coefficient (Wildman–Crippen LogP) is 1.72. The summed E-state index contributed by atoms with van der Waals surface area (Å²) in [6.45, 7) is 11.9. The van der Waals surface area contributed by atoms with Crippen LogP contribution in [0, 0.1) is 0 Å². The fourth-order valence-corrected chi connectivity index (χ4v) is 1.85. The van der Waals surface area contributed by atoms with Crippen LogP contribution >= 0.6 is 0 Å². The second-order valence-corrected chi connectivity index (χ2v) is 5.66. The summed E-state index contributed by atoms with van der Waals surface area (Å²) in [5, 5.41) is 3.22. The van der Waals surface area contributed by atoms with Crippen molar-refractivity contribution < 1.29 is 9.15 Å². The SMILES string of the molecule is CC(C)(C)c1cnc(NCCN2CCOCC2)o1. The van der Waals surface area contributed by atoms with E-state index in [1.165, 1.54) is 0 Å². The lowest BCUT2D eigenvalue weighted by Gasteiger charge is -2.26. The molecule has 1 aliphatic heterocycles. The molecule has 1 aromatic rings. The maximum atomic E-state index is 5.67. The molecule has 0 aliphatic carbocycles. The molecule has 0 atom stereocenters. The van der Waals surface area contributed by atoms with E-state index in [0.29, 0.717) is 6.01 Å². The minimum Gasteiger partial charge on any atom is -0.428 e. The zero-order chi connectivity index (χ0) is 13.0. The van der Waals surface area contributed by atoms with Gasteiger partial charge in [-0.3, -0.25) is 4.90 Å². The van der Waals surface area contributed by atoms with E-state index in [2.05, 4.69) is 36.0 Å². The van der Waals surface area contributed by atoms with E-state index in [4.69, 9.17) is 9.15 Å². The smallest absolute Gasteiger partial charge is 0.294 e. The van der Waals surface area contributed by atoms with Gasteiger partial charge in [-0.2, -0.15) is 0 Å². The number of rotatable bonds is 4. The monoisotopic (exact) mass is 253 g/mol. The summed E-state index contributed by atoms with van der Waals surface area (Å²) >= 11 is 0. The van der Waals surface area contributed by atoms with Crippen LogP contribution in [-0.2, 0) is 10.2 Å². The third-order valence-electron chi connectivity index (χ3n) is 3.05. The Bertz CT molecular complexity index is 365. The molecule has 5 heteroatoms. The normalized spacial score (nSPS) is 17.9. The zero-order valence-electron chi connectivity index (χ0n) is 11.5. The molecule has 0 saturated carbocycles. The number of oxazole rings is 1. The van der Waals surface area contributed by atoms with Gasteiger partial charge >= 0.3 is 0 Å². The Morgan fingerprint density at radius 2 is 2.06 bits per heavy atom. The number of anilines is 1. The average Bonchev–Trinajstić information content (AvgIpc) is 2.79. The number of aromatic nitrogens is 1. The maximum Gasteiger partial charge on any atom is 0.294 e.